The minimum absolute atomic E-state index is 0.142. The number of morpholine rings is 1. The van der Waals surface area contributed by atoms with Crippen molar-refractivity contribution in [2.45, 2.75) is 43.7 Å². The molecule has 11 heteroatoms. The number of methoxy groups -OCH3 is 1. The average molecular weight is 624 g/mol. The Hall–Kier alpha value is -3.93. The van der Waals surface area contributed by atoms with Crippen molar-refractivity contribution in [2.24, 2.45) is 0 Å². The van der Waals surface area contributed by atoms with Crippen molar-refractivity contribution >= 4 is 21.8 Å². The van der Waals surface area contributed by atoms with Crippen LogP contribution in [0.15, 0.2) is 83.8 Å². The Morgan fingerprint density at radius 1 is 0.932 bits per heavy atom. The Balaban J connectivity index is 1.54. The molecule has 1 aliphatic heterocycles. The first-order valence-electron chi connectivity index (χ1n) is 14.9. The predicted molar refractivity (Wildman–Crippen MR) is 167 cm³/mol. The number of nitrogens with zero attached hydrogens (tertiary/aromatic N) is 2. The van der Waals surface area contributed by atoms with Crippen LogP contribution in [0.4, 0.5) is 0 Å². The lowest BCUT2D eigenvalue weighted by atomic mass is 10.0. The molecule has 10 nitrogen and oxygen atoms in total. The third-order valence-corrected chi connectivity index (χ3v) is 9.29. The molecule has 1 unspecified atom stereocenters. The molecule has 1 N–H and O–H groups in total. The molecule has 0 aliphatic carbocycles. The highest BCUT2D eigenvalue weighted by molar-refractivity contribution is 7.89. The number of nitrogens with one attached hydrogen (secondary N) is 1. The van der Waals surface area contributed by atoms with Gasteiger partial charge in [-0.15, -0.1) is 0 Å². The first-order chi connectivity index (χ1) is 21.3. The zero-order valence-electron chi connectivity index (χ0n) is 25.3. The van der Waals surface area contributed by atoms with Crippen LogP contribution >= 0.6 is 0 Å². The Kier molecular flexibility index (Phi) is 12.2. The van der Waals surface area contributed by atoms with Gasteiger partial charge in [0.25, 0.3) is 5.91 Å². The van der Waals surface area contributed by atoms with Gasteiger partial charge < -0.3 is 24.4 Å². The van der Waals surface area contributed by atoms with Crippen LogP contribution in [0.1, 0.15) is 43.4 Å². The molecule has 44 heavy (non-hydrogen) atoms. The van der Waals surface area contributed by atoms with E-state index in [9.17, 15) is 18.0 Å². The number of sulfonamides is 1. The van der Waals surface area contributed by atoms with Gasteiger partial charge in [0.05, 0.1) is 25.2 Å². The lowest BCUT2D eigenvalue weighted by Crippen LogP contribution is -2.45. The van der Waals surface area contributed by atoms with Gasteiger partial charge in [0.15, 0.2) is 6.61 Å². The van der Waals surface area contributed by atoms with Crippen LogP contribution in [0.25, 0.3) is 0 Å². The van der Waals surface area contributed by atoms with Gasteiger partial charge in [-0.25, -0.2) is 8.42 Å². The summed E-state index contributed by atoms with van der Waals surface area (Å²) in [5, 5.41) is 3.01. The van der Waals surface area contributed by atoms with Crippen molar-refractivity contribution in [3.8, 4) is 11.5 Å². The zero-order valence-corrected chi connectivity index (χ0v) is 26.1. The molecule has 1 fully saturated rings. The number of carbonyl (C=O) groups excluding carboxylic acids is 2. The first kappa shape index (κ1) is 33.0. The topological polar surface area (TPSA) is 114 Å². The van der Waals surface area contributed by atoms with Crippen LogP contribution in [0, 0.1) is 0 Å². The van der Waals surface area contributed by atoms with Crippen molar-refractivity contribution in [3.05, 3.63) is 90.0 Å². The highest BCUT2D eigenvalue weighted by Crippen LogP contribution is 2.26. The highest BCUT2D eigenvalue weighted by atomic mass is 32.2. The second-order valence-electron chi connectivity index (χ2n) is 10.5. The number of rotatable bonds is 15. The molecule has 0 spiro atoms. The Morgan fingerprint density at radius 3 is 2.23 bits per heavy atom. The van der Waals surface area contributed by atoms with Crippen molar-refractivity contribution < 1.29 is 32.2 Å². The van der Waals surface area contributed by atoms with Gasteiger partial charge in [-0.1, -0.05) is 62.2 Å². The van der Waals surface area contributed by atoms with Crippen LogP contribution in [-0.4, -0.2) is 76.0 Å². The lowest BCUT2D eigenvalue weighted by Gasteiger charge is -2.31. The molecule has 0 aromatic heterocycles. The monoisotopic (exact) mass is 623 g/mol. The number of amides is 2. The van der Waals surface area contributed by atoms with Gasteiger partial charge in [-0.05, 0) is 53.9 Å². The third kappa shape index (κ3) is 8.81. The second-order valence-corrected chi connectivity index (χ2v) is 12.4. The van der Waals surface area contributed by atoms with Crippen molar-refractivity contribution in [1.29, 1.82) is 0 Å². The Bertz CT molecular complexity index is 1440. The van der Waals surface area contributed by atoms with E-state index < -0.39 is 22.0 Å². The lowest BCUT2D eigenvalue weighted by molar-refractivity contribution is -0.143. The van der Waals surface area contributed by atoms with Crippen LogP contribution in [0.3, 0.4) is 0 Å². The molecule has 0 saturated carbocycles. The summed E-state index contributed by atoms with van der Waals surface area (Å²) in [6.07, 6.45) is 2.86. The fourth-order valence-corrected chi connectivity index (χ4v) is 6.32. The molecular formula is C33H41N3O7S. The van der Waals surface area contributed by atoms with Crippen molar-refractivity contribution in [2.75, 3.05) is 46.6 Å². The molecular weight excluding hydrogens is 582 g/mol. The van der Waals surface area contributed by atoms with Crippen LogP contribution in [-0.2, 0) is 30.9 Å². The van der Waals surface area contributed by atoms with Crippen LogP contribution < -0.4 is 14.8 Å². The second kappa shape index (κ2) is 16.2. The molecule has 4 rings (SSSR count). The maximum atomic E-state index is 13.9. The summed E-state index contributed by atoms with van der Waals surface area (Å²) in [5.74, 6) is 0.349. The Morgan fingerprint density at radius 2 is 1.59 bits per heavy atom. The van der Waals surface area contributed by atoms with Gasteiger partial charge in [0, 0.05) is 26.2 Å². The number of benzene rings is 3. The van der Waals surface area contributed by atoms with Crippen LogP contribution in [0.2, 0.25) is 0 Å². The quantitative estimate of drug-likeness (QED) is 0.253. The normalized spacial score (nSPS) is 14.4. The summed E-state index contributed by atoms with van der Waals surface area (Å²) in [4.78, 5) is 29.2. The Labute approximate surface area is 260 Å². The van der Waals surface area contributed by atoms with E-state index in [1.54, 1.807) is 7.11 Å². The minimum atomic E-state index is -3.66. The largest absolute Gasteiger partial charge is 0.497 e. The van der Waals surface area contributed by atoms with E-state index in [1.165, 1.54) is 33.5 Å². The summed E-state index contributed by atoms with van der Waals surface area (Å²) in [6, 6.07) is 21.6. The summed E-state index contributed by atoms with van der Waals surface area (Å²) >= 11 is 0. The summed E-state index contributed by atoms with van der Waals surface area (Å²) < 4.78 is 43.7. The predicted octanol–water partition coefficient (Wildman–Crippen LogP) is 4.17. The van der Waals surface area contributed by atoms with E-state index in [4.69, 9.17) is 14.2 Å². The number of hydrogen-bond donors (Lipinski definition) is 1. The molecule has 1 atom stereocenters. The third-order valence-electron chi connectivity index (χ3n) is 7.38. The SMILES string of the molecule is CCCCCNC(=O)C(c1ccccc1)N(Cc1ccc(OC)cc1)C(=O)COc1ccc(S(=O)(=O)N2CCOCC2)cc1. The average Bonchev–Trinajstić information content (AvgIpc) is 3.06. The molecule has 1 saturated heterocycles. The fourth-order valence-electron chi connectivity index (χ4n) is 4.91. The molecule has 236 valence electrons. The standard InChI is InChI=1S/C33H41N3O7S/c1-3-4-8-19-34-33(38)32(27-9-6-5-7-10-27)36(24-26-11-13-28(41-2)14-12-26)31(37)25-43-29-15-17-30(18-16-29)44(39,40)35-20-22-42-23-21-35/h5-7,9-18,32H,3-4,8,19-25H2,1-2H3,(H,34,38). The maximum Gasteiger partial charge on any atom is 0.261 e. The van der Waals surface area contributed by atoms with Gasteiger partial charge in [0.2, 0.25) is 15.9 Å². The van der Waals surface area contributed by atoms with Gasteiger partial charge in [-0.3, -0.25) is 9.59 Å². The van der Waals surface area contributed by atoms with Gasteiger partial charge >= 0.3 is 0 Å². The van der Waals surface area contributed by atoms with Crippen molar-refractivity contribution in [1.82, 2.24) is 14.5 Å². The molecule has 0 radical (unpaired) electrons. The van der Waals surface area contributed by atoms with Gasteiger partial charge in [-0.2, -0.15) is 4.31 Å². The van der Waals surface area contributed by atoms with E-state index in [1.807, 2.05) is 54.6 Å². The van der Waals surface area contributed by atoms with E-state index in [-0.39, 0.29) is 24.0 Å². The number of carbonyl (C=O) groups is 2. The summed E-state index contributed by atoms with van der Waals surface area (Å²) in [7, 11) is -2.07. The van der Waals surface area contributed by atoms with Crippen LogP contribution in [0.5, 0.6) is 11.5 Å². The van der Waals surface area contributed by atoms with E-state index in [0.29, 0.717) is 49.9 Å². The number of ether oxygens (including phenoxy) is 3. The van der Waals surface area contributed by atoms with Crippen molar-refractivity contribution in [3.63, 3.8) is 0 Å². The van der Waals surface area contributed by atoms with E-state index in [0.717, 1.165) is 24.8 Å². The first-order valence-corrected chi connectivity index (χ1v) is 16.3. The molecule has 0 bridgehead atoms. The van der Waals surface area contributed by atoms with E-state index >= 15 is 0 Å². The van der Waals surface area contributed by atoms with E-state index in [2.05, 4.69) is 12.2 Å². The van der Waals surface area contributed by atoms with Gasteiger partial charge in [0.1, 0.15) is 17.5 Å². The summed E-state index contributed by atoms with van der Waals surface area (Å²) in [6.45, 7) is 3.73. The molecule has 1 heterocycles. The maximum absolute atomic E-state index is 13.9. The summed E-state index contributed by atoms with van der Waals surface area (Å²) in [5.41, 5.74) is 1.50. The number of unbranched alkanes of at least 4 members (excludes halogenated alkanes) is 2. The molecule has 3 aromatic carbocycles. The molecule has 3 aromatic rings. The number of hydrogen-bond acceptors (Lipinski definition) is 7. The zero-order chi connectivity index (χ0) is 31.4. The highest BCUT2D eigenvalue weighted by Gasteiger charge is 2.32. The minimum Gasteiger partial charge on any atom is -0.497 e. The smallest absolute Gasteiger partial charge is 0.261 e. The molecule has 2 amide bonds. The fraction of sp³-hybridized carbons (Fsp3) is 0.394. The molecule has 1 aliphatic rings.